The quantitative estimate of drug-likeness (QED) is 0.162. The van der Waals surface area contributed by atoms with Crippen molar-refractivity contribution in [1.82, 2.24) is 15.2 Å². The number of nitriles is 1. The Morgan fingerprint density at radius 3 is 1.60 bits per heavy atom. The second kappa shape index (κ2) is 15.3. The van der Waals surface area contributed by atoms with Gasteiger partial charge in [0.1, 0.15) is 5.82 Å². The number of hydrogen-bond donors (Lipinski definition) is 2. The van der Waals surface area contributed by atoms with E-state index in [0.29, 0.717) is 6.61 Å². The predicted octanol–water partition coefficient (Wildman–Crippen LogP) is 9.52. The van der Waals surface area contributed by atoms with E-state index >= 15 is 0 Å². The molecule has 0 aliphatic rings. The molecule has 0 atom stereocenters. The predicted molar refractivity (Wildman–Crippen MR) is 174 cm³/mol. The number of halogens is 3. The lowest BCUT2D eigenvalue weighted by atomic mass is 10.1. The highest BCUT2D eigenvalue weighted by Crippen LogP contribution is 2.27. The van der Waals surface area contributed by atoms with Gasteiger partial charge in [0.05, 0.1) is 18.2 Å². The van der Waals surface area contributed by atoms with Crippen molar-refractivity contribution < 1.29 is 4.74 Å². The number of benzene rings is 3. The molecule has 1 aromatic heterocycles. The number of rotatable bonds is 3. The van der Waals surface area contributed by atoms with E-state index in [-0.39, 0.29) is 5.90 Å². The molecule has 1 heterocycles. The molecule has 0 saturated carbocycles. The highest BCUT2D eigenvalue weighted by atomic mass is 79.9. The zero-order valence-electron chi connectivity index (χ0n) is 24.1. The molecule has 0 radical (unpaired) electrons. The molecule has 0 aliphatic heterocycles. The van der Waals surface area contributed by atoms with Crippen molar-refractivity contribution in [2.45, 2.75) is 55.4 Å². The van der Waals surface area contributed by atoms with Crippen LogP contribution in [0.4, 0.5) is 0 Å². The van der Waals surface area contributed by atoms with E-state index in [2.05, 4.69) is 95.0 Å². The van der Waals surface area contributed by atoms with Gasteiger partial charge in [0.2, 0.25) is 5.90 Å². The Labute approximate surface area is 262 Å². The summed E-state index contributed by atoms with van der Waals surface area (Å²) in [6, 6.07) is 13.9. The third-order valence-electron chi connectivity index (χ3n) is 5.84. The van der Waals surface area contributed by atoms with Gasteiger partial charge in [-0.1, -0.05) is 47.8 Å². The summed E-state index contributed by atoms with van der Waals surface area (Å²) in [4.78, 5) is 4.31. The van der Waals surface area contributed by atoms with Crippen molar-refractivity contribution in [1.29, 1.82) is 10.7 Å². The maximum Gasteiger partial charge on any atom is 0.213 e. The number of ether oxygens (including phenoxy) is 1. The van der Waals surface area contributed by atoms with Gasteiger partial charge in [-0.15, -0.1) is 0 Å². The maximum atomic E-state index is 8.61. The molecule has 0 aliphatic carbocycles. The fraction of sp³-hybridized carbons (Fsp3) is 0.290. The van der Waals surface area contributed by atoms with Crippen LogP contribution in [0.5, 0.6) is 0 Å². The molecule has 6 nitrogen and oxygen atoms in total. The van der Waals surface area contributed by atoms with Gasteiger partial charge in [-0.05, 0) is 125 Å². The van der Waals surface area contributed by atoms with Gasteiger partial charge in [-0.2, -0.15) is 10.4 Å². The van der Waals surface area contributed by atoms with Crippen LogP contribution in [0.1, 0.15) is 57.3 Å². The van der Waals surface area contributed by atoms with Gasteiger partial charge in [0.15, 0.2) is 5.82 Å². The van der Waals surface area contributed by atoms with E-state index in [9.17, 15) is 0 Å². The molecular formula is C31H34Br3N5O. The first-order valence-corrected chi connectivity index (χ1v) is 15.0. The summed E-state index contributed by atoms with van der Waals surface area (Å²) >= 11 is 10.5. The van der Waals surface area contributed by atoms with Crippen molar-refractivity contribution in [2.75, 3.05) is 6.61 Å². The average molecular weight is 732 g/mol. The number of aryl methyl sites for hydroxylation is 7. The Morgan fingerprint density at radius 1 is 0.800 bits per heavy atom. The van der Waals surface area contributed by atoms with Gasteiger partial charge in [-0.25, -0.2) is 4.98 Å². The van der Waals surface area contributed by atoms with Crippen molar-refractivity contribution in [3.63, 3.8) is 0 Å². The van der Waals surface area contributed by atoms with E-state index in [0.717, 1.165) is 64.0 Å². The van der Waals surface area contributed by atoms with Crippen LogP contribution in [0, 0.1) is 65.2 Å². The summed E-state index contributed by atoms with van der Waals surface area (Å²) in [6.07, 6.45) is 0. The summed E-state index contributed by atoms with van der Waals surface area (Å²) in [5.74, 6) is 1.83. The molecule has 3 aromatic carbocycles. The lowest BCUT2D eigenvalue weighted by Gasteiger charge is -2.09. The molecule has 0 fully saturated rings. The molecule has 0 bridgehead atoms. The lowest BCUT2D eigenvalue weighted by molar-refractivity contribution is 0.325. The molecule has 0 amide bonds. The Morgan fingerprint density at radius 2 is 1.23 bits per heavy atom. The summed E-state index contributed by atoms with van der Waals surface area (Å²) in [7, 11) is 0. The largest absolute Gasteiger partial charge is 0.478 e. The number of hydrogen-bond acceptors (Lipinski definition) is 5. The summed E-state index contributed by atoms with van der Waals surface area (Å²) in [6.45, 7) is 16.4. The van der Waals surface area contributed by atoms with Crippen molar-refractivity contribution >= 4 is 53.7 Å². The SMILES string of the molecule is CCOC(=N)c1cc(C)c(Br)c(C)c1.Cc1cc(C#N)cc(C)c1Br.Cc1nc(-c2cc(C)c(Br)c(C)c2)n[nH]1. The molecule has 210 valence electrons. The number of aromatic nitrogens is 3. The third-order valence-corrected chi connectivity index (χ3v) is 9.60. The van der Waals surface area contributed by atoms with Crippen LogP contribution in [-0.2, 0) is 4.74 Å². The fourth-order valence-electron chi connectivity index (χ4n) is 3.86. The van der Waals surface area contributed by atoms with Crippen LogP contribution in [0.25, 0.3) is 11.4 Å². The summed E-state index contributed by atoms with van der Waals surface area (Å²) < 4.78 is 8.49. The van der Waals surface area contributed by atoms with Crippen LogP contribution in [0.2, 0.25) is 0 Å². The minimum atomic E-state index is 0.242. The van der Waals surface area contributed by atoms with Crippen molar-refractivity contribution in [3.05, 3.63) is 100 Å². The second-order valence-corrected chi connectivity index (χ2v) is 11.8. The lowest BCUT2D eigenvalue weighted by Crippen LogP contribution is -2.05. The summed E-state index contributed by atoms with van der Waals surface area (Å²) in [5, 5.41) is 23.3. The molecule has 4 rings (SSSR count). The average Bonchev–Trinajstić information content (AvgIpc) is 3.35. The third kappa shape index (κ3) is 9.12. The van der Waals surface area contributed by atoms with E-state index < -0.39 is 0 Å². The molecule has 40 heavy (non-hydrogen) atoms. The molecule has 0 unspecified atom stereocenters. The molecule has 0 saturated heterocycles. The first-order chi connectivity index (χ1) is 18.8. The highest BCUT2D eigenvalue weighted by Gasteiger charge is 2.08. The van der Waals surface area contributed by atoms with Crippen LogP contribution in [-0.4, -0.2) is 27.7 Å². The minimum Gasteiger partial charge on any atom is -0.478 e. The summed E-state index contributed by atoms with van der Waals surface area (Å²) in [5.41, 5.74) is 9.50. The monoisotopic (exact) mass is 729 g/mol. The molecule has 4 aromatic rings. The topological polar surface area (TPSA) is 98.4 Å². The van der Waals surface area contributed by atoms with E-state index in [1.807, 2.05) is 65.8 Å². The molecule has 2 N–H and O–H groups in total. The normalized spacial score (nSPS) is 10.1. The molecule has 0 spiro atoms. The number of aromatic amines is 1. The Hall–Kier alpha value is -2.80. The van der Waals surface area contributed by atoms with Crippen LogP contribution < -0.4 is 0 Å². The molecule has 9 heteroatoms. The Kier molecular flexibility index (Phi) is 12.8. The number of H-pyrrole nitrogens is 1. The Balaban J connectivity index is 0.000000213. The molecular weight excluding hydrogens is 698 g/mol. The maximum absolute atomic E-state index is 8.61. The number of nitrogens with one attached hydrogen (secondary N) is 2. The van der Waals surface area contributed by atoms with Crippen LogP contribution in [0.15, 0.2) is 49.8 Å². The van der Waals surface area contributed by atoms with Crippen LogP contribution in [0.3, 0.4) is 0 Å². The van der Waals surface area contributed by atoms with Gasteiger partial charge < -0.3 is 4.74 Å². The smallest absolute Gasteiger partial charge is 0.213 e. The fourth-order valence-corrected chi connectivity index (χ4v) is 4.55. The number of nitrogens with zero attached hydrogens (tertiary/aromatic N) is 3. The standard InChI is InChI=1S/C11H12BrN3.C11H14BrNO.C9H8BrN/c1-6-4-9(5-7(2)10(6)12)11-13-8(3)14-15-11;1-4-14-11(13)9-5-7(2)10(12)8(3)6-9;1-6-3-8(5-11)4-7(2)9(6)10/h4-5H,1-3H3,(H,13,14,15);5-6,13H,4H2,1-3H3;3-4H,1-2H3. The minimum absolute atomic E-state index is 0.242. The van der Waals surface area contributed by atoms with Crippen molar-refractivity contribution in [3.8, 4) is 17.5 Å². The van der Waals surface area contributed by atoms with E-state index in [1.54, 1.807) is 0 Å². The first-order valence-electron chi connectivity index (χ1n) is 12.6. The van der Waals surface area contributed by atoms with E-state index in [1.165, 1.54) is 11.1 Å². The second-order valence-electron chi connectivity index (χ2n) is 9.39. The van der Waals surface area contributed by atoms with E-state index in [4.69, 9.17) is 15.4 Å². The van der Waals surface area contributed by atoms with Gasteiger partial charge in [0, 0.05) is 24.5 Å². The first kappa shape index (κ1) is 33.4. The zero-order chi connectivity index (χ0) is 30.1. The zero-order valence-corrected chi connectivity index (χ0v) is 28.8. The highest BCUT2D eigenvalue weighted by molar-refractivity contribution is 9.11. The van der Waals surface area contributed by atoms with Gasteiger partial charge >= 0.3 is 0 Å². The van der Waals surface area contributed by atoms with Gasteiger partial charge in [-0.3, -0.25) is 10.5 Å². The van der Waals surface area contributed by atoms with Crippen LogP contribution >= 0.6 is 47.8 Å². The van der Waals surface area contributed by atoms with Gasteiger partial charge in [0.25, 0.3) is 0 Å². The Bertz CT molecular complexity index is 1480. The van der Waals surface area contributed by atoms with Crippen molar-refractivity contribution in [2.24, 2.45) is 0 Å².